The molecule has 2 atom stereocenters. The topological polar surface area (TPSA) is 111 Å². The second kappa shape index (κ2) is 33.4. The van der Waals surface area contributed by atoms with Gasteiger partial charge in [-0.25, -0.2) is 0 Å². The number of unbranched alkanes of at least 4 members (excludes halogenated alkanes) is 11. The standard InChI is InChI=1S/C41H71NO8/c1-6-8-10-12-14-15-16-17-18-19-20-21-22-23-24-25-26-28-30-32-39(44)50-37(35-48-38(43)31-29-27-13-11-9-7-2)36-49-41(40(45)46)47-34-33-42(3,4)5/h8,10,14-15,17-18,20-21,37,41H,6-7,9,11-13,16,19,22-36H2,1-5H3/b10-8-,15-14-,18-17-,21-20-. The van der Waals surface area contributed by atoms with Crippen molar-refractivity contribution in [3.05, 3.63) is 48.6 Å². The fourth-order valence-corrected chi connectivity index (χ4v) is 4.82. The number of hydrogen-bond acceptors (Lipinski definition) is 8. The summed E-state index contributed by atoms with van der Waals surface area (Å²) in [5.74, 6) is -2.32. The fourth-order valence-electron chi connectivity index (χ4n) is 4.82. The van der Waals surface area contributed by atoms with Gasteiger partial charge in [-0.1, -0.05) is 120 Å². The molecule has 2 unspecified atom stereocenters. The van der Waals surface area contributed by atoms with Crippen molar-refractivity contribution in [3.8, 4) is 0 Å². The maximum Gasteiger partial charge on any atom is 0.306 e. The van der Waals surface area contributed by atoms with Crippen LogP contribution < -0.4 is 5.11 Å². The molecule has 0 spiro atoms. The van der Waals surface area contributed by atoms with Crippen molar-refractivity contribution in [1.82, 2.24) is 0 Å². The summed E-state index contributed by atoms with van der Waals surface area (Å²) in [5.41, 5.74) is 0. The molecular formula is C41H71NO8. The van der Waals surface area contributed by atoms with Gasteiger partial charge in [-0.05, 0) is 51.4 Å². The molecule has 0 fully saturated rings. The normalized spacial score (nSPS) is 13.5. The Morgan fingerprint density at radius 1 is 0.620 bits per heavy atom. The third-order valence-corrected chi connectivity index (χ3v) is 7.84. The van der Waals surface area contributed by atoms with E-state index in [-0.39, 0.29) is 38.6 Å². The van der Waals surface area contributed by atoms with E-state index in [0.29, 0.717) is 17.4 Å². The van der Waals surface area contributed by atoms with Gasteiger partial charge in [0.1, 0.15) is 13.2 Å². The van der Waals surface area contributed by atoms with Gasteiger partial charge in [0.2, 0.25) is 0 Å². The molecule has 0 saturated carbocycles. The van der Waals surface area contributed by atoms with E-state index in [2.05, 4.69) is 62.5 Å². The second-order valence-corrected chi connectivity index (χ2v) is 13.8. The molecule has 50 heavy (non-hydrogen) atoms. The summed E-state index contributed by atoms with van der Waals surface area (Å²) >= 11 is 0. The first kappa shape index (κ1) is 47.2. The van der Waals surface area contributed by atoms with E-state index in [1.54, 1.807) is 0 Å². The molecule has 0 N–H and O–H groups in total. The van der Waals surface area contributed by atoms with E-state index in [0.717, 1.165) is 96.3 Å². The highest BCUT2D eigenvalue weighted by atomic mass is 16.7. The Hall–Kier alpha value is -2.75. The molecule has 288 valence electrons. The minimum Gasteiger partial charge on any atom is -0.545 e. The van der Waals surface area contributed by atoms with Crippen LogP contribution in [-0.2, 0) is 33.3 Å². The van der Waals surface area contributed by atoms with Gasteiger partial charge in [-0.3, -0.25) is 9.59 Å². The molecule has 0 rings (SSSR count). The zero-order valence-electron chi connectivity index (χ0n) is 32.3. The number of ether oxygens (including phenoxy) is 4. The first-order chi connectivity index (χ1) is 24.1. The Morgan fingerprint density at radius 3 is 1.70 bits per heavy atom. The quantitative estimate of drug-likeness (QED) is 0.0218. The highest BCUT2D eigenvalue weighted by Gasteiger charge is 2.21. The summed E-state index contributed by atoms with van der Waals surface area (Å²) in [5, 5.41) is 11.6. The maximum absolute atomic E-state index is 12.6. The minimum absolute atomic E-state index is 0.143. The third-order valence-electron chi connectivity index (χ3n) is 7.84. The number of carboxylic acids is 1. The van der Waals surface area contributed by atoms with Crippen LogP contribution >= 0.6 is 0 Å². The van der Waals surface area contributed by atoms with Crippen molar-refractivity contribution >= 4 is 17.9 Å². The number of quaternary nitrogens is 1. The van der Waals surface area contributed by atoms with Crippen molar-refractivity contribution in [2.75, 3.05) is 47.5 Å². The molecule has 0 aromatic carbocycles. The number of hydrogen-bond donors (Lipinski definition) is 0. The van der Waals surface area contributed by atoms with Crippen molar-refractivity contribution < 1.29 is 42.9 Å². The maximum atomic E-state index is 12.6. The molecule has 9 nitrogen and oxygen atoms in total. The zero-order valence-corrected chi connectivity index (χ0v) is 32.3. The molecule has 0 aliphatic rings. The predicted octanol–water partition coefficient (Wildman–Crippen LogP) is 7.93. The van der Waals surface area contributed by atoms with Crippen LogP contribution in [-0.4, -0.2) is 82.3 Å². The summed E-state index contributed by atoms with van der Waals surface area (Å²) in [6.45, 7) is 4.51. The Kier molecular flexibility index (Phi) is 31.6. The number of esters is 2. The Morgan fingerprint density at radius 2 is 1.14 bits per heavy atom. The molecular weight excluding hydrogens is 634 g/mol. The van der Waals surface area contributed by atoms with E-state index in [1.165, 1.54) is 6.42 Å². The SMILES string of the molecule is CC/C=C\C/C=C\C/C=C\C/C=C\CCCCCCCCC(=O)OC(COC(=O)CCCCCCCC)COC(OCC[N+](C)(C)C)C(=O)[O-]. The van der Waals surface area contributed by atoms with Crippen molar-refractivity contribution in [1.29, 1.82) is 0 Å². The summed E-state index contributed by atoms with van der Waals surface area (Å²) in [6.07, 6.45) is 33.1. The average molecular weight is 706 g/mol. The van der Waals surface area contributed by atoms with Crippen molar-refractivity contribution in [3.63, 3.8) is 0 Å². The molecule has 0 saturated heterocycles. The van der Waals surface area contributed by atoms with Crippen molar-refractivity contribution in [2.24, 2.45) is 0 Å². The van der Waals surface area contributed by atoms with Crippen LogP contribution in [0.1, 0.15) is 136 Å². The van der Waals surface area contributed by atoms with Crippen LogP contribution in [0, 0.1) is 0 Å². The average Bonchev–Trinajstić information content (AvgIpc) is 3.06. The smallest absolute Gasteiger partial charge is 0.306 e. The molecule has 0 bridgehead atoms. The highest BCUT2D eigenvalue weighted by molar-refractivity contribution is 5.70. The first-order valence-electron chi connectivity index (χ1n) is 19.3. The van der Waals surface area contributed by atoms with Crippen LogP contribution in [0.5, 0.6) is 0 Å². The molecule has 9 heteroatoms. The lowest BCUT2D eigenvalue weighted by Gasteiger charge is -2.26. The van der Waals surface area contributed by atoms with Crippen LogP contribution in [0.4, 0.5) is 0 Å². The largest absolute Gasteiger partial charge is 0.545 e. The minimum atomic E-state index is -1.62. The van der Waals surface area contributed by atoms with E-state index >= 15 is 0 Å². The van der Waals surface area contributed by atoms with Crippen LogP contribution in [0.25, 0.3) is 0 Å². The van der Waals surface area contributed by atoms with Gasteiger partial charge in [0.25, 0.3) is 0 Å². The van der Waals surface area contributed by atoms with E-state index in [1.807, 2.05) is 21.1 Å². The lowest BCUT2D eigenvalue weighted by Crippen LogP contribution is -2.44. The lowest BCUT2D eigenvalue weighted by atomic mass is 10.1. The number of aliphatic carboxylic acids is 1. The Bertz CT molecular complexity index is 966. The van der Waals surface area contributed by atoms with Crippen LogP contribution in [0.15, 0.2) is 48.6 Å². The Labute approximate surface area is 304 Å². The van der Waals surface area contributed by atoms with Gasteiger partial charge in [0, 0.05) is 12.8 Å². The summed E-state index contributed by atoms with van der Waals surface area (Å²) < 4.78 is 22.3. The lowest BCUT2D eigenvalue weighted by molar-refractivity contribution is -0.870. The highest BCUT2D eigenvalue weighted by Crippen LogP contribution is 2.12. The molecule has 0 heterocycles. The number of carbonyl (C=O) groups excluding carboxylic acids is 3. The van der Waals surface area contributed by atoms with Gasteiger partial charge >= 0.3 is 11.9 Å². The number of carboxylic acid groups (broad SMARTS) is 1. The summed E-state index contributed by atoms with van der Waals surface area (Å²) in [4.78, 5) is 36.6. The molecule has 0 radical (unpaired) electrons. The van der Waals surface area contributed by atoms with Crippen LogP contribution in [0.2, 0.25) is 0 Å². The Balaban J connectivity index is 4.44. The van der Waals surface area contributed by atoms with Gasteiger partial charge in [-0.15, -0.1) is 0 Å². The summed E-state index contributed by atoms with van der Waals surface area (Å²) in [6, 6.07) is 0. The summed E-state index contributed by atoms with van der Waals surface area (Å²) in [7, 11) is 5.88. The van der Waals surface area contributed by atoms with Gasteiger partial charge in [0.05, 0.1) is 40.3 Å². The predicted molar refractivity (Wildman–Crippen MR) is 200 cm³/mol. The number of likely N-dealkylation sites (N-methyl/N-ethyl adjacent to an activating group) is 1. The van der Waals surface area contributed by atoms with E-state index in [4.69, 9.17) is 18.9 Å². The number of allylic oxidation sites excluding steroid dienone is 8. The van der Waals surface area contributed by atoms with Crippen molar-refractivity contribution in [2.45, 2.75) is 148 Å². The first-order valence-corrected chi connectivity index (χ1v) is 19.3. The molecule has 0 aromatic rings. The zero-order chi connectivity index (χ0) is 37.1. The number of rotatable bonds is 34. The van der Waals surface area contributed by atoms with E-state index in [9.17, 15) is 19.5 Å². The fraction of sp³-hybridized carbons (Fsp3) is 0.732. The van der Waals surface area contributed by atoms with Crippen LogP contribution in [0.3, 0.4) is 0 Å². The third kappa shape index (κ3) is 33.7. The second-order valence-electron chi connectivity index (χ2n) is 13.8. The van der Waals surface area contributed by atoms with Gasteiger partial charge < -0.3 is 33.3 Å². The van der Waals surface area contributed by atoms with Gasteiger partial charge in [-0.2, -0.15) is 0 Å². The number of nitrogens with zero attached hydrogens (tertiary/aromatic N) is 1. The molecule has 0 aliphatic carbocycles. The molecule has 0 aliphatic heterocycles. The molecule has 0 aromatic heterocycles. The number of carbonyl (C=O) groups is 3. The van der Waals surface area contributed by atoms with E-state index < -0.39 is 24.3 Å². The monoisotopic (exact) mass is 706 g/mol. The van der Waals surface area contributed by atoms with Gasteiger partial charge in [0.15, 0.2) is 12.4 Å². The molecule has 0 amide bonds.